The van der Waals surface area contributed by atoms with Crippen molar-refractivity contribution in [1.82, 2.24) is 14.1 Å². The number of rotatable bonds is 5. The summed E-state index contributed by atoms with van der Waals surface area (Å²) in [5, 5.41) is 2.31. The van der Waals surface area contributed by atoms with Gasteiger partial charge >= 0.3 is 0 Å². The van der Waals surface area contributed by atoms with Crippen LogP contribution < -0.4 is 9.30 Å². The van der Waals surface area contributed by atoms with Crippen molar-refractivity contribution in [1.29, 1.82) is 0 Å². The maximum absolute atomic E-state index is 6.91. The number of hydrogen-bond acceptors (Lipinski definition) is 2. The zero-order valence-corrected chi connectivity index (χ0v) is 45.5. The number of hydrogen-bond donors (Lipinski definition) is 0. The molecule has 17 rings (SSSR count). The monoisotopic (exact) mass is 1050 g/mol. The highest BCUT2D eigenvalue weighted by Crippen LogP contribution is 2.63. The third kappa shape index (κ3) is 6.56. The van der Waals surface area contributed by atoms with E-state index in [2.05, 4.69) is 290 Å². The molecule has 386 valence electrons. The molecule has 0 amide bonds. The fourth-order valence-corrected chi connectivity index (χ4v) is 14.2. The highest BCUT2D eigenvalue weighted by Gasteiger charge is 2.51. The Labute approximate surface area is 475 Å². The molecule has 5 heteroatoms. The second kappa shape index (κ2) is 17.3. The van der Waals surface area contributed by atoms with Gasteiger partial charge in [0.15, 0.2) is 0 Å². The van der Waals surface area contributed by atoms with E-state index in [1.165, 1.54) is 66.6 Å². The van der Waals surface area contributed by atoms with Crippen molar-refractivity contribution in [3.05, 3.63) is 295 Å². The molecule has 0 saturated heterocycles. The first kappa shape index (κ1) is 46.5. The van der Waals surface area contributed by atoms with Crippen LogP contribution in [0, 0.1) is 6.33 Å². The van der Waals surface area contributed by atoms with Crippen LogP contribution in [0.25, 0.3) is 117 Å². The molecule has 0 fully saturated rings. The van der Waals surface area contributed by atoms with E-state index in [1.807, 2.05) is 12.3 Å². The van der Waals surface area contributed by atoms with Crippen LogP contribution in [-0.4, -0.2) is 14.1 Å². The second-order valence-electron chi connectivity index (χ2n) is 23.2. The lowest BCUT2D eigenvalue weighted by Gasteiger charge is -2.30. The van der Waals surface area contributed by atoms with Crippen LogP contribution in [0.1, 0.15) is 48.6 Å². The Morgan fingerprint density at radius 3 is 1.73 bits per heavy atom. The van der Waals surface area contributed by atoms with Gasteiger partial charge in [-0.1, -0.05) is 209 Å². The largest absolute Gasteiger partial charge is 0.458 e. The molecule has 0 atom stereocenters. The Hall–Kier alpha value is -10.4. The van der Waals surface area contributed by atoms with Gasteiger partial charge in [0.1, 0.15) is 17.3 Å². The van der Waals surface area contributed by atoms with E-state index >= 15 is 0 Å². The summed E-state index contributed by atoms with van der Waals surface area (Å²) < 4.78 is 13.7. The van der Waals surface area contributed by atoms with Gasteiger partial charge < -0.3 is 4.74 Å². The molecule has 82 heavy (non-hydrogen) atoms. The molecule has 14 aromatic rings. The minimum atomic E-state index is -0.422. The van der Waals surface area contributed by atoms with Crippen LogP contribution in [0.3, 0.4) is 0 Å². The van der Waals surface area contributed by atoms with E-state index in [1.54, 1.807) is 0 Å². The Morgan fingerprint density at radius 2 is 0.988 bits per heavy atom. The number of para-hydroxylation sites is 2. The second-order valence-corrected chi connectivity index (χ2v) is 23.2. The van der Waals surface area contributed by atoms with Crippen LogP contribution in [0.5, 0.6) is 11.5 Å². The number of nitrogens with zero attached hydrogens (tertiary/aromatic N) is 4. The van der Waals surface area contributed by atoms with Crippen LogP contribution >= 0.6 is 0 Å². The van der Waals surface area contributed by atoms with Gasteiger partial charge in [-0.15, -0.1) is 0 Å². The summed E-state index contributed by atoms with van der Waals surface area (Å²) in [6, 6.07) is 93.5. The lowest BCUT2D eigenvalue weighted by atomic mass is 9.70. The quantitative estimate of drug-likeness (QED) is 0.127. The van der Waals surface area contributed by atoms with Crippen molar-refractivity contribution in [3.63, 3.8) is 0 Å². The molecular weight excluding hydrogens is 997 g/mol. The maximum Gasteiger partial charge on any atom is 0.269 e. The molecule has 1 spiro atoms. The highest BCUT2D eigenvalue weighted by molar-refractivity contribution is 6.10. The number of pyridine rings is 1. The zero-order valence-electron chi connectivity index (χ0n) is 45.5. The first-order chi connectivity index (χ1) is 40.3. The van der Waals surface area contributed by atoms with E-state index in [4.69, 9.17) is 9.72 Å². The third-order valence-corrected chi connectivity index (χ3v) is 17.8. The van der Waals surface area contributed by atoms with Crippen molar-refractivity contribution < 1.29 is 9.30 Å². The van der Waals surface area contributed by atoms with E-state index < -0.39 is 5.41 Å². The fraction of sp³-hybridized carbons (Fsp3) is 0.0649. The summed E-state index contributed by atoms with van der Waals surface area (Å²) in [6.07, 6.45) is 5.91. The van der Waals surface area contributed by atoms with Gasteiger partial charge in [0.2, 0.25) is 0 Å². The van der Waals surface area contributed by atoms with Crippen molar-refractivity contribution in [2.45, 2.75) is 31.6 Å². The number of aromatic nitrogens is 4. The van der Waals surface area contributed by atoms with Crippen molar-refractivity contribution in [2.24, 2.45) is 0 Å². The molecular formula is C77H52N4O. The minimum Gasteiger partial charge on any atom is -0.458 e. The normalized spacial score (nSPS) is 13.2. The first-order valence-corrected chi connectivity index (χ1v) is 28.4. The summed E-state index contributed by atoms with van der Waals surface area (Å²) in [5.41, 5.74) is 26.8. The van der Waals surface area contributed by atoms with E-state index in [-0.39, 0.29) is 5.41 Å². The number of benzene rings is 11. The van der Waals surface area contributed by atoms with E-state index in [0.29, 0.717) is 0 Å². The standard InChI is InChI=1S/C77H52N4O/c1-76(2,3)49-41-42-78-73(44-49)81-69-34-15-11-27-60(69)61-39-38-52(46-72(61)81)82-51-20-16-19-50(45-51)79-47-80-70-35-17-29-53(74(70)62-28-7-6-22-55(62)54-21-4-5-23-56(54)63-30-18-36-71(79)75(63)80)48-37-40-68-64(43-48)59-26-10-14-33-67(59)77(68)65-31-12-8-24-57(65)58-25-9-13-32-66(58)77/h4-46H,1-3H3. The van der Waals surface area contributed by atoms with E-state index in [0.717, 1.165) is 89.5 Å². The van der Waals surface area contributed by atoms with Gasteiger partial charge in [0.05, 0.1) is 38.9 Å². The summed E-state index contributed by atoms with van der Waals surface area (Å²) >= 11 is 0. The molecule has 4 heterocycles. The molecule has 3 aliphatic rings. The average molecular weight is 1050 g/mol. The summed E-state index contributed by atoms with van der Waals surface area (Å²) in [6.45, 7) is 6.73. The van der Waals surface area contributed by atoms with Crippen LogP contribution in [0.15, 0.2) is 261 Å². The first-order valence-electron chi connectivity index (χ1n) is 28.4. The zero-order chi connectivity index (χ0) is 54.4. The van der Waals surface area contributed by atoms with Crippen molar-refractivity contribution in [3.8, 4) is 95.5 Å². The smallest absolute Gasteiger partial charge is 0.269 e. The molecule has 2 aliphatic carbocycles. The van der Waals surface area contributed by atoms with Crippen molar-refractivity contribution >= 4 is 32.8 Å². The van der Waals surface area contributed by atoms with Gasteiger partial charge in [-0.2, -0.15) is 0 Å². The topological polar surface area (TPSA) is 35.9 Å². The minimum absolute atomic E-state index is 0.0320. The van der Waals surface area contributed by atoms with Crippen molar-refractivity contribution in [2.75, 3.05) is 0 Å². The van der Waals surface area contributed by atoms with Gasteiger partial charge in [0, 0.05) is 28.6 Å². The lowest BCUT2D eigenvalue weighted by Crippen LogP contribution is -2.31. The Bertz CT molecular complexity index is 4980. The maximum atomic E-state index is 6.91. The summed E-state index contributed by atoms with van der Waals surface area (Å²) in [4.78, 5) is 4.93. The van der Waals surface area contributed by atoms with Crippen LogP contribution in [0.2, 0.25) is 0 Å². The molecule has 0 saturated carbocycles. The Balaban J connectivity index is 0.838. The fourth-order valence-electron chi connectivity index (χ4n) is 14.2. The number of imidazole rings is 1. The Kier molecular flexibility index (Phi) is 9.83. The predicted molar refractivity (Wildman–Crippen MR) is 333 cm³/mol. The van der Waals surface area contributed by atoms with Crippen LogP contribution in [-0.2, 0) is 10.8 Å². The average Bonchev–Trinajstić information content (AvgIpc) is 2.02. The van der Waals surface area contributed by atoms with Gasteiger partial charge in [0.25, 0.3) is 6.33 Å². The molecule has 11 aromatic carbocycles. The molecule has 0 radical (unpaired) electrons. The van der Waals surface area contributed by atoms with Gasteiger partial charge in [-0.25, -0.2) is 4.98 Å². The molecule has 1 aliphatic heterocycles. The molecule has 0 N–H and O–H groups in total. The molecule has 0 bridgehead atoms. The van der Waals surface area contributed by atoms with Crippen LogP contribution in [0.4, 0.5) is 0 Å². The summed E-state index contributed by atoms with van der Waals surface area (Å²) in [5.74, 6) is 2.34. The van der Waals surface area contributed by atoms with Gasteiger partial charge in [-0.05, 0) is 155 Å². The third-order valence-electron chi connectivity index (χ3n) is 17.8. The van der Waals surface area contributed by atoms with Gasteiger partial charge in [-0.3, -0.25) is 13.7 Å². The number of fused-ring (bicyclic) bond motifs is 20. The Morgan fingerprint density at radius 1 is 0.427 bits per heavy atom. The molecule has 3 aromatic heterocycles. The molecule has 5 nitrogen and oxygen atoms in total. The molecule has 0 unspecified atom stereocenters. The van der Waals surface area contributed by atoms with E-state index in [9.17, 15) is 0 Å². The predicted octanol–water partition coefficient (Wildman–Crippen LogP) is 18.6. The number of ether oxygens (including phenoxy) is 1. The SMILES string of the molecule is CC(C)(C)c1ccnc(-n2c3ccccc3c3ccc(Oc4cccc(-n5[c-][n+]6c7c(cccc75)-c5ccccc5-c5ccccc5-c5c(-c7ccc8c(c7)-c7ccccc7C87c8ccccc8-c8ccccc87)cccc5-6)c4)cc32)c1. The summed E-state index contributed by atoms with van der Waals surface area (Å²) in [7, 11) is 0. The highest BCUT2D eigenvalue weighted by atomic mass is 16.5. The lowest BCUT2D eigenvalue weighted by molar-refractivity contribution is -0.571.